The highest BCUT2D eigenvalue weighted by molar-refractivity contribution is 6.36. The van der Waals surface area contributed by atoms with E-state index in [-0.39, 0.29) is 18.5 Å². The van der Waals surface area contributed by atoms with Gasteiger partial charge in [-0.25, -0.2) is 4.79 Å². The Balaban J connectivity index is 1.94. The molecule has 1 aliphatic carbocycles. The molecule has 1 aromatic rings. The van der Waals surface area contributed by atoms with Gasteiger partial charge >= 0.3 is 6.09 Å². The summed E-state index contributed by atoms with van der Waals surface area (Å²) in [5.41, 5.74) is 6.16. The lowest BCUT2D eigenvalue weighted by molar-refractivity contribution is -0.119. The fraction of sp³-hybridized carbons (Fsp3) is 0.550. The third-order valence-electron chi connectivity index (χ3n) is 5.09. The highest BCUT2D eigenvalue weighted by Crippen LogP contribution is 2.35. The molecule has 0 saturated heterocycles. The number of ether oxygens (including phenoxy) is 1. The van der Waals surface area contributed by atoms with Crippen LogP contribution >= 0.6 is 23.2 Å². The van der Waals surface area contributed by atoms with Crippen molar-refractivity contribution in [3.8, 4) is 0 Å². The number of hydrogen-bond acceptors (Lipinski definition) is 3. The number of hydrogen-bond donors (Lipinski definition) is 2. The average Bonchev–Trinajstić information content (AvgIpc) is 2.57. The first-order valence-corrected chi connectivity index (χ1v) is 10.2. The molecular formula is C20H27Cl2N3O3. The molecule has 3 atom stereocenters. The number of nitrogens with zero attached hydrogens (tertiary/aromatic N) is 1. The van der Waals surface area contributed by atoms with Crippen LogP contribution in [0.15, 0.2) is 23.2 Å². The molecule has 1 saturated carbocycles. The lowest BCUT2D eigenvalue weighted by Crippen LogP contribution is -2.39. The second-order valence-electron chi connectivity index (χ2n) is 7.67. The van der Waals surface area contributed by atoms with Crippen LogP contribution in [0.25, 0.3) is 0 Å². The quantitative estimate of drug-likeness (QED) is 0.543. The Labute approximate surface area is 175 Å². The van der Waals surface area contributed by atoms with E-state index in [1.54, 1.807) is 18.2 Å². The van der Waals surface area contributed by atoms with Gasteiger partial charge in [-0.15, -0.1) is 4.99 Å². The van der Waals surface area contributed by atoms with E-state index in [2.05, 4.69) is 31.1 Å². The summed E-state index contributed by atoms with van der Waals surface area (Å²) in [7, 11) is 0. The van der Waals surface area contributed by atoms with Gasteiger partial charge in [0.25, 0.3) is 0 Å². The number of guanidine groups is 1. The second kappa shape index (κ2) is 10.1. The molecule has 0 bridgehead atoms. The third kappa shape index (κ3) is 6.38. The van der Waals surface area contributed by atoms with E-state index in [4.69, 9.17) is 33.7 Å². The Hall–Kier alpha value is -1.79. The van der Waals surface area contributed by atoms with Crippen LogP contribution in [0.4, 0.5) is 4.79 Å². The van der Waals surface area contributed by atoms with E-state index in [1.807, 2.05) is 0 Å². The number of carbonyl (C=O) groups is 2. The highest BCUT2D eigenvalue weighted by atomic mass is 35.5. The maximum absolute atomic E-state index is 12.2. The zero-order valence-corrected chi connectivity index (χ0v) is 17.9. The van der Waals surface area contributed by atoms with Crippen LogP contribution in [0.3, 0.4) is 0 Å². The van der Waals surface area contributed by atoms with Crippen molar-refractivity contribution in [2.75, 3.05) is 0 Å². The number of amides is 2. The standard InChI is InChI=1S/C20H27Cl2N3O3/c1-11(2)13-8-7-12(3)9-17(13)28-20(27)25-19(23)24-18(26)10-14-15(21)5-4-6-16(14)22/h4-6,11-13,17H,7-10H2,1-3H3,(H3,23,24,25,26,27). The van der Waals surface area contributed by atoms with Gasteiger partial charge in [-0.05, 0) is 48.3 Å². The third-order valence-corrected chi connectivity index (χ3v) is 5.80. The van der Waals surface area contributed by atoms with E-state index < -0.39 is 12.0 Å². The van der Waals surface area contributed by atoms with Crippen LogP contribution in [-0.4, -0.2) is 24.1 Å². The SMILES string of the molecule is CC1CCC(C(C)C)C(OC(=O)N=C(N)NC(=O)Cc2c(Cl)cccc2Cl)C1. The van der Waals surface area contributed by atoms with Gasteiger partial charge in [0.15, 0.2) is 0 Å². The maximum Gasteiger partial charge on any atom is 0.437 e. The van der Waals surface area contributed by atoms with Crippen molar-refractivity contribution in [1.29, 1.82) is 0 Å². The molecular weight excluding hydrogens is 401 g/mol. The smallest absolute Gasteiger partial charge is 0.437 e. The number of rotatable bonds is 4. The minimum atomic E-state index is -0.793. The Kier molecular flexibility index (Phi) is 8.13. The molecule has 6 nitrogen and oxygen atoms in total. The number of nitrogens with one attached hydrogen (secondary N) is 1. The van der Waals surface area contributed by atoms with Gasteiger partial charge in [0.2, 0.25) is 11.9 Å². The number of aliphatic imine (C=N–C) groups is 1. The van der Waals surface area contributed by atoms with Gasteiger partial charge in [0, 0.05) is 10.0 Å². The van der Waals surface area contributed by atoms with Crippen LogP contribution in [0.2, 0.25) is 10.0 Å². The fourth-order valence-corrected chi connectivity index (χ4v) is 4.11. The summed E-state index contributed by atoms with van der Waals surface area (Å²) < 4.78 is 5.54. The van der Waals surface area contributed by atoms with Crippen LogP contribution in [0.1, 0.15) is 45.6 Å². The molecule has 0 radical (unpaired) electrons. The van der Waals surface area contributed by atoms with Gasteiger partial charge in [-0.1, -0.05) is 56.5 Å². The predicted octanol–water partition coefficient (Wildman–Crippen LogP) is 4.56. The molecule has 28 heavy (non-hydrogen) atoms. The van der Waals surface area contributed by atoms with Gasteiger partial charge < -0.3 is 10.5 Å². The monoisotopic (exact) mass is 427 g/mol. The fourth-order valence-electron chi connectivity index (χ4n) is 3.58. The molecule has 1 aliphatic rings. The molecule has 1 aromatic carbocycles. The minimum absolute atomic E-state index is 0.0840. The first kappa shape index (κ1) is 22.5. The first-order valence-electron chi connectivity index (χ1n) is 9.44. The summed E-state index contributed by atoms with van der Waals surface area (Å²) in [5, 5.41) is 3.12. The van der Waals surface area contributed by atoms with Crippen LogP contribution in [-0.2, 0) is 16.0 Å². The van der Waals surface area contributed by atoms with Crippen molar-refractivity contribution in [2.45, 2.75) is 52.6 Å². The molecule has 0 spiro atoms. The molecule has 2 amide bonds. The summed E-state index contributed by atoms with van der Waals surface area (Å²) in [4.78, 5) is 28.0. The van der Waals surface area contributed by atoms with Crippen molar-refractivity contribution in [2.24, 2.45) is 28.5 Å². The van der Waals surface area contributed by atoms with Gasteiger partial charge in [0.1, 0.15) is 6.10 Å². The van der Waals surface area contributed by atoms with Crippen molar-refractivity contribution >= 4 is 41.2 Å². The lowest BCUT2D eigenvalue weighted by Gasteiger charge is -2.36. The second-order valence-corrected chi connectivity index (χ2v) is 8.48. The zero-order valence-electron chi connectivity index (χ0n) is 16.4. The van der Waals surface area contributed by atoms with Crippen molar-refractivity contribution in [3.63, 3.8) is 0 Å². The predicted molar refractivity (Wildman–Crippen MR) is 112 cm³/mol. The van der Waals surface area contributed by atoms with Crippen LogP contribution in [0.5, 0.6) is 0 Å². The summed E-state index contributed by atoms with van der Waals surface area (Å²) in [6.45, 7) is 6.40. The summed E-state index contributed by atoms with van der Waals surface area (Å²) in [5.74, 6) is 0.410. The number of nitrogens with two attached hydrogens (primary N) is 1. The summed E-state index contributed by atoms with van der Waals surface area (Å²) >= 11 is 12.1. The van der Waals surface area contributed by atoms with Crippen molar-refractivity contribution in [1.82, 2.24) is 5.32 Å². The number of halogens is 2. The number of benzene rings is 1. The number of carbonyl (C=O) groups excluding carboxylic acids is 2. The Morgan fingerprint density at radius 2 is 1.93 bits per heavy atom. The van der Waals surface area contributed by atoms with Crippen molar-refractivity contribution < 1.29 is 14.3 Å². The van der Waals surface area contributed by atoms with Gasteiger partial charge in [-0.2, -0.15) is 0 Å². The molecule has 3 unspecified atom stereocenters. The Morgan fingerprint density at radius 1 is 1.29 bits per heavy atom. The molecule has 1 fully saturated rings. The summed E-state index contributed by atoms with van der Waals surface area (Å²) in [6.07, 6.45) is 1.89. The maximum atomic E-state index is 12.2. The largest absolute Gasteiger partial charge is 0.444 e. The molecule has 0 aromatic heterocycles. The van der Waals surface area contributed by atoms with Crippen LogP contribution in [0, 0.1) is 17.8 Å². The minimum Gasteiger partial charge on any atom is -0.444 e. The van der Waals surface area contributed by atoms with Crippen LogP contribution < -0.4 is 11.1 Å². The molecule has 2 rings (SSSR count). The zero-order chi connectivity index (χ0) is 20.8. The first-order chi connectivity index (χ1) is 13.2. The molecule has 8 heteroatoms. The van der Waals surface area contributed by atoms with E-state index in [1.165, 1.54) is 0 Å². The average molecular weight is 428 g/mol. The molecule has 3 N–H and O–H groups in total. The molecule has 0 aliphatic heterocycles. The van der Waals surface area contributed by atoms with E-state index in [0.29, 0.717) is 33.4 Å². The summed E-state index contributed by atoms with van der Waals surface area (Å²) in [6, 6.07) is 4.97. The van der Waals surface area contributed by atoms with E-state index in [0.717, 1.165) is 19.3 Å². The Bertz CT molecular complexity index is 732. The molecule has 0 heterocycles. The normalized spacial score (nSPS) is 22.8. The van der Waals surface area contributed by atoms with Crippen molar-refractivity contribution in [3.05, 3.63) is 33.8 Å². The highest BCUT2D eigenvalue weighted by Gasteiger charge is 2.33. The topological polar surface area (TPSA) is 93.8 Å². The Morgan fingerprint density at radius 3 is 2.54 bits per heavy atom. The molecule has 154 valence electrons. The van der Waals surface area contributed by atoms with Gasteiger partial charge in [-0.3, -0.25) is 10.1 Å². The van der Waals surface area contributed by atoms with E-state index >= 15 is 0 Å². The van der Waals surface area contributed by atoms with Gasteiger partial charge in [0.05, 0.1) is 6.42 Å². The lowest BCUT2D eigenvalue weighted by atomic mass is 9.75. The van der Waals surface area contributed by atoms with E-state index in [9.17, 15) is 9.59 Å².